The number of piperidine rings is 3. The first-order chi connectivity index (χ1) is 23.8. The average molecular weight is 668 g/mol. The largest absolute Gasteiger partial charge is 0.477 e. The second-order valence-electron chi connectivity index (χ2n) is 14.1. The van der Waals surface area contributed by atoms with Crippen LogP contribution in [0.1, 0.15) is 77.6 Å². The van der Waals surface area contributed by atoms with Crippen LogP contribution in [0.4, 0.5) is 16.0 Å². The molecule has 12 heteroatoms. The molecule has 3 aromatic rings. The van der Waals surface area contributed by atoms with E-state index in [1.165, 1.54) is 16.2 Å². The van der Waals surface area contributed by atoms with Gasteiger partial charge in [-0.15, -0.1) is 0 Å². The Hall–Kier alpha value is -4.58. The Labute approximate surface area is 285 Å². The minimum atomic E-state index is -1.47. The third-order valence-electron chi connectivity index (χ3n) is 10.9. The lowest BCUT2D eigenvalue weighted by molar-refractivity contribution is -0.136. The summed E-state index contributed by atoms with van der Waals surface area (Å²) in [5, 5.41) is 5.83. The monoisotopic (exact) mass is 667 g/mol. The van der Waals surface area contributed by atoms with E-state index in [1.54, 1.807) is 12.1 Å². The van der Waals surface area contributed by atoms with E-state index in [0.717, 1.165) is 63.1 Å². The first-order valence-corrected chi connectivity index (χ1v) is 17.6. The van der Waals surface area contributed by atoms with Gasteiger partial charge in [0, 0.05) is 74.7 Å². The first kappa shape index (κ1) is 31.7. The number of halogens is 1. The molecule has 5 aliphatic rings. The van der Waals surface area contributed by atoms with Crippen molar-refractivity contribution in [1.29, 1.82) is 0 Å². The van der Waals surface area contributed by atoms with Gasteiger partial charge in [0.15, 0.2) is 0 Å². The van der Waals surface area contributed by atoms with Crippen molar-refractivity contribution in [3.63, 3.8) is 0 Å². The number of carbonyl (C=O) groups excluding carboxylic acids is 3. The Morgan fingerprint density at radius 2 is 1.76 bits per heavy atom. The predicted octanol–water partition coefficient (Wildman–Crippen LogP) is 4.10. The van der Waals surface area contributed by atoms with Gasteiger partial charge in [0.1, 0.15) is 11.7 Å². The van der Waals surface area contributed by atoms with Gasteiger partial charge in [0.25, 0.3) is 5.91 Å². The van der Waals surface area contributed by atoms with Gasteiger partial charge in [-0.3, -0.25) is 24.6 Å². The summed E-state index contributed by atoms with van der Waals surface area (Å²) < 4.78 is 22.1. The molecule has 1 unspecified atom stereocenters. The molecule has 49 heavy (non-hydrogen) atoms. The summed E-state index contributed by atoms with van der Waals surface area (Å²) in [5.41, 5.74) is 3.89. The number of alkyl halides is 1. The number of imide groups is 1. The van der Waals surface area contributed by atoms with E-state index in [4.69, 9.17) is 4.74 Å². The molecule has 11 nitrogen and oxygen atoms in total. The minimum Gasteiger partial charge on any atom is -0.477 e. The van der Waals surface area contributed by atoms with Crippen LogP contribution in [0.15, 0.2) is 48.7 Å². The Bertz CT molecular complexity index is 1750. The summed E-state index contributed by atoms with van der Waals surface area (Å²) in [6.07, 6.45) is 7.14. The fourth-order valence-corrected chi connectivity index (χ4v) is 7.93. The standard InChI is InChI=1S/C37H42FN7O4/c38-37(27-5-8-30-26(20-27)23-45(35(30)48)31-9-10-32(46)41-33(31)47)13-17-43(18-14-37)22-24-3-6-29(7-4-24)44-15-11-28(12-16-44)40-36-39-21-25-2-1-19-49-34(25)42-36/h3-8,20-21,28,31H,1-2,9-19,22-23H2,(H,39,40,42)(H,41,46,47). The van der Waals surface area contributed by atoms with Crippen LogP contribution in [-0.4, -0.2) is 82.4 Å². The number of ether oxygens (including phenoxy) is 1. The molecule has 256 valence electrons. The number of rotatable bonds is 7. The molecule has 3 saturated heterocycles. The lowest BCUT2D eigenvalue weighted by Crippen LogP contribution is -2.52. The third kappa shape index (κ3) is 6.46. The highest BCUT2D eigenvalue weighted by atomic mass is 19.1. The van der Waals surface area contributed by atoms with Gasteiger partial charge in [0.05, 0.1) is 6.61 Å². The van der Waals surface area contributed by atoms with Gasteiger partial charge in [-0.1, -0.05) is 24.3 Å². The van der Waals surface area contributed by atoms with E-state index >= 15 is 4.39 Å². The van der Waals surface area contributed by atoms with Crippen LogP contribution in [0.5, 0.6) is 5.88 Å². The zero-order valence-electron chi connectivity index (χ0n) is 27.6. The van der Waals surface area contributed by atoms with Gasteiger partial charge in [-0.05, 0) is 79.8 Å². The molecule has 2 N–H and O–H groups in total. The molecule has 0 saturated carbocycles. The molecular formula is C37H42FN7O4. The third-order valence-corrected chi connectivity index (χ3v) is 10.9. The zero-order chi connectivity index (χ0) is 33.5. The van der Waals surface area contributed by atoms with Crippen molar-refractivity contribution < 1.29 is 23.5 Å². The number of benzene rings is 2. The molecule has 8 rings (SSSR count). The van der Waals surface area contributed by atoms with Crippen LogP contribution in [-0.2, 0) is 34.8 Å². The number of likely N-dealkylation sites (tertiary alicyclic amines) is 1. The topological polar surface area (TPSA) is 120 Å². The number of amides is 3. The fourth-order valence-electron chi connectivity index (χ4n) is 7.93. The molecule has 0 aliphatic carbocycles. The van der Waals surface area contributed by atoms with Crippen molar-refractivity contribution >= 4 is 29.4 Å². The molecule has 3 amide bonds. The second kappa shape index (κ2) is 13.0. The fraction of sp³-hybridized carbons (Fsp3) is 0.486. The van der Waals surface area contributed by atoms with Gasteiger partial charge < -0.3 is 19.9 Å². The van der Waals surface area contributed by atoms with Crippen molar-refractivity contribution in [2.75, 3.05) is 43.0 Å². The predicted molar refractivity (Wildman–Crippen MR) is 181 cm³/mol. The van der Waals surface area contributed by atoms with Crippen molar-refractivity contribution in [2.24, 2.45) is 0 Å². The van der Waals surface area contributed by atoms with Gasteiger partial charge >= 0.3 is 0 Å². The number of aryl methyl sites for hydroxylation is 1. The molecule has 0 bridgehead atoms. The van der Waals surface area contributed by atoms with E-state index < -0.39 is 17.6 Å². The van der Waals surface area contributed by atoms with Crippen molar-refractivity contribution in [3.8, 4) is 5.88 Å². The lowest BCUT2D eigenvalue weighted by atomic mass is 9.84. The van der Waals surface area contributed by atoms with Crippen LogP contribution in [0.25, 0.3) is 0 Å². The molecule has 1 aromatic heterocycles. The highest BCUT2D eigenvalue weighted by Gasteiger charge is 2.41. The highest BCUT2D eigenvalue weighted by Crippen LogP contribution is 2.40. The summed E-state index contributed by atoms with van der Waals surface area (Å²) in [5.74, 6) is 0.369. The molecule has 0 spiro atoms. The minimum absolute atomic E-state index is 0.205. The maximum Gasteiger partial charge on any atom is 0.255 e. The number of anilines is 2. The number of carbonyl (C=O) groups is 3. The number of aromatic nitrogens is 2. The van der Waals surface area contributed by atoms with Crippen LogP contribution < -0.4 is 20.3 Å². The molecular weight excluding hydrogens is 625 g/mol. The normalized spacial score (nSPS) is 22.7. The van der Waals surface area contributed by atoms with Crippen LogP contribution >= 0.6 is 0 Å². The van der Waals surface area contributed by atoms with Crippen LogP contribution in [0.2, 0.25) is 0 Å². The SMILES string of the molecule is O=C1CCC(N2Cc3cc(C4(F)CCN(Cc5ccc(N6CCC(Nc7ncc8c(n7)OCCC8)CC6)cc5)CC4)ccc3C2=O)C(=O)N1. The van der Waals surface area contributed by atoms with Gasteiger partial charge in [-0.2, -0.15) is 4.98 Å². The van der Waals surface area contributed by atoms with Gasteiger partial charge in [-0.25, -0.2) is 9.37 Å². The summed E-state index contributed by atoms with van der Waals surface area (Å²) in [6, 6.07) is 13.6. The number of hydrogen-bond donors (Lipinski definition) is 2. The second-order valence-corrected chi connectivity index (χ2v) is 14.1. The van der Waals surface area contributed by atoms with Crippen molar-refractivity contribution in [3.05, 3.63) is 76.5 Å². The van der Waals surface area contributed by atoms with E-state index in [-0.39, 0.29) is 24.8 Å². The molecule has 1 atom stereocenters. The maximum atomic E-state index is 16.4. The summed E-state index contributed by atoms with van der Waals surface area (Å²) >= 11 is 0. The molecule has 6 heterocycles. The van der Waals surface area contributed by atoms with E-state index in [0.29, 0.717) is 61.3 Å². The van der Waals surface area contributed by atoms with Crippen molar-refractivity contribution in [1.82, 2.24) is 25.1 Å². The zero-order valence-corrected chi connectivity index (χ0v) is 27.6. The molecule has 5 aliphatic heterocycles. The van der Waals surface area contributed by atoms with E-state index in [2.05, 4.69) is 54.7 Å². The number of nitrogens with zero attached hydrogens (tertiary/aromatic N) is 5. The van der Waals surface area contributed by atoms with E-state index in [9.17, 15) is 14.4 Å². The molecule has 0 radical (unpaired) electrons. The first-order valence-electron chi connectivity index (χ1n) is 17.6. The van der Waals surface area contributed by atoms with Crippen LogP contribution in [0.3, 0.4) is 0 Å². The summed E-state index contributed by atoms with van der Waals surface area (Å²) in [4.78, 5) is 52.4. The lowest BCUT2D eigenvalue weighted by Gasteiger charge is -2.37. The van der Waals surface area contributed by atoms with Crippen molar-refractivity contribution in [2.45, 2.75) is 82.2 Å². The average Bonchev–Trinajstić information content (AvgIpc) is 3.45. The number of fused-ring (bicyclic) bond motifs is 2. The molecule has 3 fully saturated rings. The number of nitrogens with one attached hydrogen (secondary N) is 2. The molecule has 2 aromatic carbocycles. The maximum absolute atomic E-state index is 16.4. The van der Waals surface area contributed by atoms with Crippen LogP contribution in [0, 0.1) is 0 Å². The Morgan fingerprint density at radius 3 is 2.53 bits per heavy atom. The highest BCUT2D eigenvalue weighted by molar-refractivity contribution is 6.05. The Balaban J connectivity index is 0.818. The summed E-state index contributed by atoms with van der Waals surface area (Å²) in [7, 11) is 0. The quantitative estimate of drug-likeness (QED) is 0.359. The Kier molecular flexibility index (Phi) is 8.43. The Morgan fingerprint density at radius 1 is 0.959 bits per heavy atom. The number of hydrogen-bond acceptors (Lipinski definition) is 9. The van der Waals surface area contributed by atoms with Gasteiger partial charge in [0.2, 0.25) is 23.6 Å². The smallest absolute Gasteiger partial charge is 0.255 e. The summed E-state index contributed by atoms with van der Waals surface area (Å²) in [6.45, 7) is 4.92. The van der Waals surface area contributed by atoms with E-state index in [1.807, 2.05) is 12.3 Å².